The van der Waals surface area contributed by atoms with Crippen LogP contribution in [0.3, 0.4) is 0 Å². The number of piperazine rings is 1. The average Bonchev–Trinajstić information content (AvgIpc) is 3.30. The van der Waals surface area contributed by atoms with Gasteiger partial charge >= 0.3 is 0 Å². The van der Waals surface area contributed by atoms with Crippen LogP contribution in [-0.4, -0.2) is 75.9 Å². The van der Waals surface area contributed by atoms with Crippen LogP contribution in [0.4, 0.5) is 5.82 Å². The summed E-state index contributed by atoms with van der Waals surface area (Å²) < 4.78 is 7.72. The summed E-state index contributed by atoms with van der Waals surface area (Å²) in [6.45, 7) is 5.74. The van der Waals surface area contributed by atoms with Gasteiger partial charge in [0.1, 0.15) is 11.6 Å². The lowest BCUT2D eigenvalue weighted by atomic mass is 9.99. The SMILES string of the molecule is CN1CCN(c2ccc(-c3ccc4ncc5nnc(C6CCOCC6)n5c4c3)cn2)CC1. The lowest BCUT2D eigenvalue weighted by Crippen LogP contribution is -2.44. The van der Waals surface area contributed by atoms with Crippen LogP contribution in [0.1, 0.15) is 24.6 Å². The number of aromatic nitrogens is 5. The normalized spacial score (nSPS) is 18.6. The smallest absolute Gasteiger partial charge is 0.179 e. The van der Waals surface area contributed by atoms with E-state index in [1.165, 1.54) is 0 Å². The Morgan fingerprint density at radius 3 is 2.47 bits per heavy atom. The van der Waals surface area contributed by atoms with Crippen LogP contribution >= 0.6 is 0 Å². The molecule has 3 aromatic heterocycles. The Bertz CT molecular complexity index is 1240. The zero-order chi connectivity index (χ0) is 21.5. The number of pyridine rings is 1. The zero-order valence-electron chi connectivity index (χ0n) is 18.3. The van der Waals surface area contributed by atoms with Crippen molar-refractivity contribution in [1.29, 1.82) is 0 Å². The Morgan fingerprint density at radius 2 is 1.69 bits per heavy atom. The minimum atomic E-state index is 0.359. The number of nitrogens with zero attached hydrogens (tertiary/aromatic N) is 7. The highest BCUT2D eigenvalue weighted by atomic mass is 16.5. The molecule has 6 rings (SSSR count). The monoisotopic (exact) mass is 429 g/mol. The Morgan fingerprint density at radius 1 is 0.875 bits per heavy atom. The molecule has 0 bridgehead atoms. The first-order chi connectivity index (χ1) is 15.8. The number of ether oxygens (including phenoxy) is 1. The summed E-state index contributed by atoms with van der Waals surface area (Å²) in [5.41, 5.74) is 4.99. The Hall–Kier alpha value is -3.10. The first kappa shape index (κ1) is 19.6. The topological polar surface area (TPSA) is 71.7 Å². The molecule has 2 aliphatic heterocycles. The predicted octanol–water partition coefficient (Wildman–Crippen LogP) is 2.99. The van der Waals surface area contributed by atoms with Crippen LogP contribution in [0, 0.1) is 0 Å². The number of hydrogen-bond acceptors (Lipinski definition) is 7. The molecule has 1 aromatic carbocycles. The van der Waals surface area contributed by atoms with Crippen LogP contribution < -0.4 is 4.90 Å². The second-order valence-electron chi connectivity index (χ2n) is 8.80. The summed E-state index contributed by atoms with van der Waals surface area (Å²) in [5, 5.41) is 8.94. The maximum absolute atomic E-state index is 5.55. The molecule has 0 saturated carbocycles. The molecule has 164 valence electrons. The summed E-state index contributed by atoms with van der Waals surface area (Å²) in [6.07, 6.45) is 5.74. The van der Waals surface area contributed by atoms with Gasteiger partial charge in [-0.2, -0.15) is 0 Å². The van der Waals surface area contributed by atoms with Gasteiger partial charge in [0, 0.05) is 57.1 Å². The van der Waals surface area contributed by atoms with Crippen molar-refractivity contribution in [3.05, 3.63) is 48.5 Å². The molecule has 0 amide bonds. The van der Waals surface area contributed by atoms with Gasteiger partial charge < -0.3 is 14.5 Å². The molecule has 4 aromatic rings. The second kappa shape index (κ2) is 8.11. The van der Waals surface area contributed by atoms with E-state index in [1.54, 1.807) is 0 Å². The lowest BCUT2D eigenvalue weighted by Gasteiger charge is -2.33. The van der Waals surface area contributed by atoms with Crippen LogP contribution in [0.2, 0.25) is 0 Å². The van der Waals surface area contributed by atoms with E-state index in [0.29, 0.717) is 5.92 Å². The highest BCUT2D eigenvalue weighted by Crippen LogP contribution is 2.30. The molecule has 8 heteroatoms. The van der Waals surface area contributed by atoms with Gasteiger partial charge in [-0.3, -0.25) is 9.38 Å². The predicted molar refractivity (Wildman–Crippen MR) is 124 cm³/mol. The molecular weight excluding hydrogens is 402 g/mol. The van der Waals surface area contributed by atoms with E-state index in [9.17, 15) is 0 Å². The van der Waals surface area contributed by atoms with Crippen molar-refractivity contribution in [2.45, 2.75) is 18.8 Å². The lowest BCUT2D eigenvalue weighted by molar-refractivity contribution is 0.0834. The molecule has 0 atom stereocenters. The van der Waals surface area contributed by atoms with Gasteiger partial charge in [0.25, 0.3) is 0 Å². The third kappa shape index (κ3) is 3.49. The van der Waals surface area contributed by atoms with Crippen LogP contribution in [0.15, 0.2) is 42.7 Å². The fourth-order valence-electron chi connectivity index (χ4n) is 4.76. The maximum Gasteiger partial charge on any atom is 0.179 e. The maximum atomic E-state index is 5.55. The van der Waals surface area contributed by atoms with E-state index < -0.39 is 0 Å². The molecule has 2 fully saturated rings. The zero-order valence-corrected chi connectivity index (χ0v) is 18.3. The van der Waals surface area contributed by atoms with Crippen molar-refractivity contribution in [2.75, 3.05) is 51.3 Å². The van der Waals surface area contributed by atoms with E-state index in [-0.39, 0.29) is 0 Å². The molecule has 32 heavy (non-hydrogen) atoms. The van der Waals surface area contributed by atoms with E-state index in [1.807, 2.05) is 12.4 Å². The first-order valence-electron chi connectivity index (χ1n) is 11.4. The van der Waals surface area contributed by atoms with Crippen molar-refractivity contribution in [1.82, 2.24) is 29.5 Å². The molecule has 0 radical (unpaired) electrons. The number of likely N-dealkylation sites (N-methyl/N-ethyl adjacent to an activating group) is 1. The fourth-order valence-corrected chi connectivity index (χ4v) is 4.76. The molecule has 0 unspecified atom stereocenters. The molecule has 0 aliphatic carbocycles. The van der Waals surface area contributed by atoms with Crippen molar-refractivity contribution < 1.29 is 4.74 Å². The molecule has 0 spiro atoms. The number of rotatable bonds is 3. The van der Waals surface area contributed by atoms with E-state index in [0.717, 1.165) is 91.7 Å². The van der Waals surface area contributed by atoms with Gasteiger partial charge in [-0.1, -0.05) is 6.07 Å². The quantitative estimate of drug-likeness (QED) is 0.496. The summed E-state index contributed by atoms with van der Waals surface area (Å²) in [6, 6.07) is 10.7. The Balaban J connectivity index is 1.37. The summed E-state index contributed by atoms with van der Waals surface area (Å²) in [7, 11) is 2.17. The average molecular weight is 430 g/mol. The fraction of sp³-hybridized carbons (Fsp3) is 0.417. The minimum absolute atomic E-state index is 0.359. The van der Waals surface area contributed by atoms with E-state index in [2.05, 4.69) is 66.8 Å². The molecule has 8 nitrogen and oxygen atoms in total. The third-order valence-corrected chi connectivity index (χ3v) is 6.74. The first-order valence-corrected chi connectivity index (χ1v) is 11.4. The van der Waals surface area contributed by atoms with Crippen LogP contribution in [0.5, 0.6) is 0 Å². The van der Waals surface area contributed by atoms with Crippen molar-refractivity contribution in [2.24, 2.45) is 0 Å². The number of anilines is 1. The van der Waals surface area contributed by atoms with E-state index in [4.69, 9.17) is 9.72 Å². The number of benzene rings is 1. The van der Waals surface area contributed by atoms with Gasteiger partial charge in [0.05, 0.1) is 17.2 Å². The number of hydrogen-bond donors (Lipinski definition) is 0. The molecule has 0 N–H and O–H groups in total. The minimum Gasteiger partial charge on any atom is -0.381 e. The third-order valence-electron chi connectivity index (χ3n) is 6.74. The standard InChI is InChI=1S/C24H27N7O/c1-29-8-10-30(11-9-29)22-5-3-19(15-26-22)18-2-4-20-21(14-18)31-23(16-25-20)27-28-24(31)17-6-12-32-13-7-17/h2-5,14-17H,6-13H2,1H3. The van der Waals surface area contributed by atoms with Crippen molar-refractivity contribution in [3.8, 4) is 11.1 Å². The highest BCUT2D eigenvalue weighted by molar-refractivity contribution is 5.83. The van der Waals surface area contributed by atoms with E-state index >= 15 is 0 Å². The summed E-state index contributed by atoms with van der Waals surface area (Å²) >= 11 is 0. The van der Waals surface area contributed by atoms with Crippen molar-refractivity contribution >= 4 is 22.5 Å². The van der Waals surface area contributed by atoms with Gasteiger partial charge in [0.15, 0.2) is 5.65 Å². The van der Waals surface area contributed by atoms with Crippen LogP contribution in [-0.2, 0) is 4.74 Å². The highest BCUT2D eigenvalue weighted by Gasteiger charge is 2.22. The Labute approximate surface area is 186 Å². The summed E-state index contributed by atoms with van der Waals surface area (Å²) in [5.74, 6) is 2.42. The van der Waals surface area contributed by atoms with Gasteiger partial charge in [-0.25, -0.2) is 4.98 Å². The largest absolute Gasteiger partial charge is 0.381 e. The molecular formula is C24H27N7O. The van der Waals surface area contributed by atoms with Gasteiger partial charge in [-0.15, -0.1) is 10.2 Å². The molecule has 2 saturated heterocycles. The molecule has 2 aliphatic rings. The summed E-state index contributed by atoms with van der Waals surface area (Å²) in [4.78, 5) is 14.1. The van der Waals surface area contributed by atoms with Crippen molar-refractivity contribution in [3.63, 3.8) is 0 Å². The Kier molecular flexibility index (Phi) is 4.96. The van der Waals surface area contributed by atoms with Gasteiger partial charge in [-0.05, 0) is 49.7 Å². The number of fused-ring (bicyclic) bond motifs is 3. The molecule has 5 heterocycles. The van der Waals surface area contributed by atoms with Crippen LogP contribution in [0.25, 0.3) is 27.8 Å². The second-order valence-corrected chi connectivity index (χ2v) is 8.80. The van der Waals surface area contributed by atoms with Gasteiger partial charge in [0.2, 0.25) is 0 Å².